The van der Waals surface area contributed by atoms with E-state index in [0.29, 0.717) is 58.4 Å². The number of hydrogen-bond donors (Lipinski definition) is 1. The third-order valence-electron chi connectivity index (χ3n) is 6.71. The molecule has 8 heteroatoms. The molecule has 1 aromatic heterocycles. The number of aromatic nitrogens is 2. The fourth-order valence-electron chi connectivity index (χ4n) is 5.14. The van der Waals surface area contributed by atoms with Crippen molar-refractivity contribution in [2.24, 2.45) is 5.92 Å². The highest BCUT2D eigenvalue weighted by Crippen LogP contribution is 2.42. The lowest BCUT2D eigenvalue weighted by Gasteiger charge is -2.50. The van der Waals surface area contributed by atoms with Crippen LogP contribution >= 0.6 is 0 Å². The Balaban J connectivity index is 1.51. The Morgan fingerprint density at radius 1 is 1.25 bits per heavy atom. The highest BCUT2D eigenvalue weighted by Gasteiger charge is 2.49. The van der Waals surface area contributed by atoms with E-state index in [1.807, 2.05) is 23.6 Å². The smallest absolute Gasteiger partial charge is 0.227 e. The number of imidazole rings is 1. The van der Waals surface area contributed by atoms with E-state index in [0.717, 1.165) is 17.8 Å². The lowest BCUT2D eigenvalue weighted by Crippen LogP contribution is -2.59. The molecule has 2 saturated heterocycles. The van der Waals surface area contributed by atoms with E-state index in [4.69, 9.17) is 0 Å². The van der Waals surface area contributed by atoms with Crippen molar-refractivity contribution in [3.63, 3.8) is 0 Å². The maximum absolute atomic E-state index is 13.0. The molecule has 8 nitrogen and oxygen atoms in total. The molecule has 1 N–H and O–H groups in total. The van der Waals surface area contributed by atoms with Crippen molar-refractivity contribution >= 4 is 17.7 Å². The average Bonchev–Trinajstić information content (AvgIpc) is 3.34. The number of fused-ring (bicyclic) bond motifs is 2. The maximum Gasteiger partial charge on any atom is 0.227 e. The Morgan fingerprint density at radius 3 is 2.64 bits per heavy atom. The Morgan fingerprint density at radius 2 is 2.00 bits per heavy atom. The zero-order valence-electron chi connectivity index (χ0n) is 16.7. The minimum Gasteiger partial charge on any atom is -0.348 e. The second kappa shape index (κ2) is 7.22. The lowest BCUT2D eigenvalue weighted by molar-refractivity contribution is -0.145. The van der Waals surface area contributed by atoms with Gasteiger partial charge in [0.15, 0.2) is 0 Å². The van der Waals surface area contributed by atoms with Gasteiger partial charge < -0.3 is 19.7 Å². The quantitative estimate of drug-likeness (QED) is 0.834. The molecular weight excluding hydrogens is 358 g/mol. The van der Waals surface area contributed by atoms with Gasteiger partial charge in [0.05, 0.1) is 23.5 Å². The predicted molar refractivity (Wildman–Crippen MR) is 102 cm³/mol. The normalized spacial score (nSPS) is 24.0. The molecule has 4 rings (SSSR count). The number of carbonyl (C=O) groups excluding carboxylic acids is 3. The van der Waals surface area contributed by atoms with Gasteiger partial charge in [-0.25, -0.2) is 4.98 Å². The van der Waals surface area contributed by atoms with Gasteiger partial charge in [-0.3, -0.25) is 14.4 Å². The summed E-state index contributed by atoms with van der Waals surface area (Å²) in [6, 6.07) is 0. The first-order valence-electron chi connectivity index (χ1n) is 10.4. The van der Waals surface area contributed by atoms with Crippen molar-refractivity contribution in [3.05, 3.63) is 17.7 Å². The second-order valence-electron chi connectivity index (χ2n) is 8.07. The summed E-state index contributed by atoms with van der Waals surface area (Å²) in [7, 11) is 0. The van der Waals surface area contributed by atoms with E-state index in [9.17, 15) is 14.4 Å². The second-order valence-corrected chi connectivity index (χ2v) is 8.07. The average molecular weight is 387 g/mol. The topological polar surface area (TPSA) is 89.6 Å². The number of likely N-dealkylation sites (tertiary alicyclic amines) is 2. The summed E-state index contributed by atoms with van der Waals surface area (Å²) in [6.07, 6.45) is 4.69. The minimum absolute atomic E-state index is 0.0718. The fraction of sp³-hybridized carbons (Fsp3) is 0.700. The van der Waals surface area contributed by atoms with Crippen LogP contribution in [0.5, 0.6) is 0 Å². The van der Waals surface area contributed by atoms with Crippen LogP contribution in [0.3, 0.4) is 0 Å². The Bertz CT molecular complexity index is 781. The summed E-state index contributed by atoms with van der Waals surface area (Å²) in [5.41, 5.74) is 1.67. The molecule has 0 aliphatic carbocycles. The predicted octanol–water partition coefficient (Wildman–Crippen LogP) is 0.891. The van der Waals surface area contributed by atoms with Gasteiger partial charge in [0.2, 0.25) is 17.7 Å². The van der Waals surface area contributed by atoms with Crippen molar-refractivity contribution < 1.29 is 14.4 Å². The summed E-state index contributed by atoms with van der Waals surface area (Å²) in [4.78, 5) is 51.1. The van der Waals surface area contributed by atoms with Crippen LogP contribution in [-0.2, 0) is 26.3 Å². The first-order chi connectivity index (χ1) is 13.5. The first-order valence-corrected chi connectivity index (χ1v) is 10.4. The van der Waals surface area contributed by atoms with Crippen LogP contribution in [0.4, 0.5) is 0 Å². The molecule has 1 atom stereocenters. The Labute approximate surface area is 165 Å². The van der Waals surface area contributed by atoms with Gasteiger partial charge in [0.1, 0.15) is 0 Å². The van der Waals surface area contributed by atoms with Gasteiger partial charge in [0, 0.05) is 57.7 Å². The highest BCUT2D eigenvalue weighted by atomic mass is 16.2. The van der Waals surface area contributed by atoms with E-state index in [2.05, 4.69) is 9.97 Å². The van der Waals surface area contributed by atoms with Crippen LogP contribution in [0.1, 0.15) is 50.9 Å². The lowest BCUT2D eigenvalue weighted by atomic mass is 9.78. The van der Waals surface area contributed by atoms with Gasteiger partial charge in [-0.15, -0.1) is 0 Å². The number of H-pyrrole nitrogens is 1. The zero-order chi connectivity index (χ0) is 19.9. The van der Waals surface area contributed by atoms with Crippen molar-refractivity contribution in [1.82, 2.24) is 24.7 Å². The van der Waals surface area contributed by atoms with Gasteiger partial charge in [0.25, 0.3) is 0 Å². The molecular formula is C20H29N5O3. The monoisotopic (exact) mass is 387 g/mol. The van der Waals surface area contributed by atoms with Crippen molar-refractivity contribution in [3.8, 4) is 0 Å². The van der Waals surface area contributed by atoms with Crippen molar-refractivity contribution in [2.45, 2.75) is 51.5 Å². The van der Waals surface area contributed by atoms with Gasteiger partial charge in [-0.05, 0) is 19.8 Å². The number of rotatable bonds is 3. The molecule has 3 amide bonds. The zero-order valence-corrected chi connectivity index (χ0v) is 16.7. The van der Waals surface area contributed by atoms with Gasteiger partial charge in [-0.1, -0.05) is 6.92 Å². The van der Waals surface area contributed by atoms with Crippen LogP contribution in [0.15, 0.2) is 6.33 Å². The molecule has 0 radical (unpaired) electrons. The molecule has 4 heterocycles. The molecule has 0 aromatic carbocycles. The van der Waals surface area contributed by atoms with E-state index < -0.39 is 5.54 Å². The van der Waals surface area contributed by atoms with E-state index in [1.54, 1.807) is 11.2 Å². The summed E-state index contributed by atoms with van der Waals surface area (Å²) in [5, 5.41) is 0. The molecule has 152 valence electrons. The number of carbonyl (C=O) groups is 3. The molecule has 28 heavy (non-hydrogen) atoms. The van der Waals surface area contributed by atoms with Gasteiger partial charge >= 0.3 is 0 Å². The fourth-order valence-corrected chi connectivity index (χ4v) is 5.14. The molecule has 1 spiro atoms. The Kier molecular flexibility index (Phi) is 4.89. The molecule has 1 aromatic rings. The van der Waals surface area contributed by atoms with E-state index in [-0.39, 0.29) is 23.6 Å². The SMILES string of the molecule is CCC(=O)N1CCc2[nH]cnc2C12CCN(C(=O)[C@H]1CC(=O)N(CC)C1)CC2. The summed E-state index contributed by atoms with van der Waals surface area (Å²) in [5.74, 6) is 0.0589. The van der Waals surface area contributed by atoms with E-state index in [1.165, 1.54) is 0 Å². The largest absolute Gasteiger partial charge is 0.348 e. The standard InChI is InChI=1S/C20H29N5O3/c1-3-16(26)25-8-5-15-18(22-13-21-15)20(25)6-9-24(10-7-20)19(28)14-11-17(27)23(4-2)12-14/h13-14H,3-12H2,1-2H3,(H,21,22)/t14-/m0/s1. The summed E-state index contributed by atoms with van der Waals surface area (Å²) >= 11 is 0. The van der Waals surface area contributed by atoms with Crippen LogP contribution in [-0.4, -0.2) is 75.1 Å². The number of amides is 3. The number of piperidine rings is 1. The van der Waals surface area contributed by atoms with Gasteiger partial charge in [-0.2, -0.15) is 0 Å². The molecule has 0 bridgehead atoms. The molecule has 2 fully saturated rings. The third-order valence-corrected chi connectivity index (χ3v) is 6.71. The molecule has 3 aliphatic rings. The summed E-state index contributed by atoms with van der Waals surface area (Å²) < 4.78 is 0. The molecule has 0 unspecified atom stereocenters. The van der Waals surface area contributed by atoms with Crippen LogP contribution in [0.25, 0.3) is 0 Å². The summed E-state index contributed by atoms with van der Waals surface area (Å²) in [6.45, 7) is 6.90. The molecule has 3 aliphatic heterocycles. The number of aromatic amines is 1. The first kappa shape index (κ1) is 19.0. The van der Waals surface area contributed by atoms with Crippen molar-refractivity contribution in [1.29, 1.82) is 0 Å². The number of nitrogens with zero attached hydrogens (tertiary/aromatic N) is 4. The minimum atomic E-state index is -0.418. The number of nitrogens with one attached hydrogen (secondary N) is 1. The van der Waals surface area contributed by atoms with E-state index >= 15 is 0 Å². The van der Waals surface area contributed by atoms with Crippen LogP contribution < -0.4 is 0 Å². The third kappa shape index (κ3) is 2.89. The van der Waals surface area contributed by atoms with Crippen molar-refractivity contribution in [2.75, 3.05) is 32.7 Å². The Hall–Kier alpha value is -2.38. The van der Waals surface area contributed by atoms with Crippen LogP contribution in [0.2, 0.25) is 0 Å². The highest BCUT2D eigenvalue weighted by molar-refractivity contribution is 5.89. The maximum atomic E-state index is 13.0. The number of hydrogen-bond acceptors (Lipinski definition) is 4. The van der Waals surface area contributed by atoms with Crippen LogP contribution in [0, 0.1) is 5.92 Å². The molecule has 0 saturated carbocycles.